The highest BCUT2D eigenvalue weighted by Crippen LogP contribution is 2.22. The van der Waals surface area contributed by atoms with Gasteiger partial charge in [-0.05, 0) is 24.3 Å². The minimum Gasteiger partial charge on any atom is -0.453 e. The van der Waals surface area contributed by atoms with Gasteiger partial charge >= 0.3 is 0 Å². The summed E-state index contributed by atoms with van der Waals surface area (Å²) in [7, 11) is 0. The van der Waals surface area contributed by atoms with Gasteiger partial charge in [-0.1, -0.05) is 6.58 Å². The summed E-state index contributed by atoms with van der Waals surface area (Å²) in [6, 6.07) is 8.78. The van der Waals surface area contributed by atoms with Crippen LogP contribution in [0.3, 0.4) is 0 Å². The summed E-state index contributed by atoms with van der Waals surface area (Å²) in [5.41, 5.74) is 1.02. The van der Waals surface area contributed by atoms with Crippen molar-refractivity contribution in [3.8, 4) is 17.4 Å². The molecule has 0 spiro atoms. The Balaban J connectivity index is 2.24. The fourth-order valence-electron chi connectivity index (χ4n) is 1.47. The molecule has 2 aromatic rings. The minimum atomic E-state index is -0.341. The van der Waals surface area contributed by atoms with E-state index in [1.54, 1.807) is 30.6 Å². The van der Waals surface area contributed by atoms with Crippen molar-refractivity contribution in [1.82, 2.24) is 4.98 Å². The lowest BCUT2D eigenvalue weighted by molar-refractivity contribution is 0.100. The Labute approximate surface area is 104 Å². The van der Waals surface area contributed by atoms with Crippen molar-refractivity contribution in [2.24, 2.45) is 0 Å². The Bertz CT molecular complexity index is 621. The van der Waals surface area contributed by atoms with Gasteiger partial charge in [0.25, 0.3) is 0 Å². The molecule has 0 fully saturated rings. The SMILES string of the molecule is C=C(CC#N)C(=O)c1ccc(-c2cccnc2)o1. The molecule has 0 N–H and O–H groups in total. The topological polar surface area (TPSA) is 66.9 Å². The highest BCUT2D eigenvalue weighted by molar-refractivity contribution is 6.06. The van der Waals surface area contributed by atoms with Gasteiger partial charge in [0.05, 0.1) is 12.5 Å². The molecule has 2 aromatic heterocycles. The molecule has 0 unspecified atom stereocenters. The molecule has 4 nitrogen and oxygen atoms in total. The molecule has 0 amide bonds. The Morgan fingerprint density at radius 3 is 2.94 bits per heavy atom. The summed E-state index contributed by atoms with van der Waals surface area (Å²) in [5, 5.41) is 8.51. The van der Waals surface area contributed by atoms with E-state index in [9.17, 15) is 4.79 Å². The third-order valence-electron chi connectivity index (χ3n) is 2.39. The normalized spacial score (nSPS) is 9.72. The van der Waals surface area contributed by atoms with E-state index in [0.717, 1.165) is 5.56 Å². The number of nitrogens with zero attached hydrogens (tertiary/aromatic N) is 2. The van der Waals surface area contributed by atoms with Crippen molar-refractivity contribution in [2.45, 2.75) is 6.42 Å². The number of carbonyl (C=O) groups is 1. The van der Waals surface area contributed by atoms with Crippen molar-refractivity contribution in [2.75, 3.05) is 0 Å². The predicted octanol–water partition coefficient (Wildman–Crippen LogP) is 2.99. The molecule has 0 aromatic carbocycles. The summed E-state index contributed by atoms with van der Waals surface area (Å²) in [4.78, 5) is 15.8. The van der Waals surface area contributed by atoms with Gasteiger partial charge in [0.1, 0.15) is 5.76 Å². The zero-order valence-electron chi connectivity index (χ0n) is 9.59. The number of allylic oxidation sites excluding steroid dienone is 1. The Morgan fingerprint density at radius 1 is 1.44 bits per heavy atom. The van der Waals surface area contributed by atoms with Gasteiger partial charge in [-0.2, -0.15) is 5.26 Å². The lowest BCUT2D eigenvalue weighted by atomic mass is 10.1. The molecule has 0 radical (unpaired) electrons. The van der Waals surface area contributed by atoms with Crippen LogP contribution < -0.4 is 0 Å². The van der Waals surface area contributed by atoms with E-state index in [-0.39, 0.29) is 23.5 Å². The van der Waals surface area contributed by atoms with Crippen LogP contribution in [0.25, 0.3) is 11.3 Å². The van der Waals surface area contributed by atoms with Crippen LogP contribution in [0.2, 0.25) is 0 Å². The first kappa shape index (κ1) is 11.8. The maximum atomic E-state index is 11.8. The Hall–Kier alpha value is -2.67. The number of hydrogen-bond acceptors (Lipinski definition) is 4. The molecule has 18 heavy (non-hydrogen) atoms. The second-order valence-electron chi connectivity index (χ2n) is 3.67. The molecule has 0 saturated carbocycles. The molecule has 2 rings (SSSR count). The Morgan fingerprint density at radius 2 is 2.28 bits per heavy atom. The van der Waals surface area contributed by atoms with Gasteiger partial charge in [-0.15, -0.1) is 0 Å². The van der Waals surface area contributed by atoms with Crippen molar-refractivity contribution < 1.29 is 9.21 Å². The average Bonchev–Trinajstić information content (AvgIpc) is 2.89. The van der Waals surface area contributed by atoms with Crippen LogP contribution in [0.15, 0.2) is 53.2 Å². The maximum absolute atomic E-state index is 11.8. The summed E-state index contributed by atoms with van der Waals surface area (Å²) >= 11 is 0. The average molecular weight is 238 g/mol. The van der Waals surface area contributed by atoms with Gasteiger partial charge in [0, 0.05) is 23.5 Å². The number of furan rings is 1. The zero-order chi connectivity index (χ0) is 13.0. The number of Topliss-reactive ketones (excluding diaryl/α,β-unsaturated/α-hetero) is 1. The van der Waals surface area contributed by atoms with Crippen LogP contribution in [0, 0.1) is 11.3 Å². The van der Waals surface area contributed by atoms with Gasteiger partial charge in [-0.3, -0.25) is 9.78 Å². The van der Waals surface area contributed by atoms with Gasteiger partial charge in [0.2, 0.25) is 5.78 Å². The monoisotopic (exact) mass is 238 g/mol. The highest BCUT2D eigenvalue weighted by Gasteiger charge is 2.15. The van der Waals surface area contributed by atoms with Crippen LogP contribution in [0.5, 0.6) is 0 Å². The fraction of sp³-hybridized carbons (Fsp3) is 0.0714. The van der Waals surface area contributed by atoms with E-state index in [1.165, 1.54) is 0 Å². The predicted molar refractivity (Wildman–Crippen MR) is 65.6 cm³/mol. The zero-order valence-corrected chi connectivity index (χ0v) is 9.59. The van der Waals surface area contributed by atoms with E-state index >= 15 is 0 Å². The van der Waals surface area contributed by atoms with E-state index in [4.69, 9.17) is 9.68 Å². The van der Waals surface area contributed by atoms with Crippen molar-refractivity contribution in [3.63, 3.8) is 0 Å². The molecule has 0 bridgehead atoms. The fourth-order valence-corrected chi connectivity index (χ4v) is 1.47. The lowest BCUT2D eigenvalue weighted by Crippen LogP contribution is -1.99. The first-order valence-corrected chi connectivity index (χ1v) is 5.32. The van der Waals surface area contributed by atoms with Crippen LogP contribution in [0.1, 0.15) is 17.0 Å². The van der Waals surface area contributed by atoms with Crippen LogP contribution in [-0.2, 0) is 0 Å². The first-order valence-electron chi connectivity index (χ1n) is 5.32. The number of rotatable bonds is 4. The molecular weight excluding hydrogens is 228 g/mol. The minimum absolute atomic E-state index is 0.00175. The summed E-state index contributed by atoms with van der Waals surface area (Å²) < 4.78 is 5.44. The van der Waals surface area contributed by atoms with Crippen LogP contribution >= 0.6 is 0 Å². The molecule has 0 aliphatic rings. The third-order valence-corrected chi connectivity index (χ3v) is 2.39. The number of aromatic nitrogens is 1. The van der Waals surface area contributed by atoms with Crippen molar-refractivity contribution in [3.05, 3.63) is 54.6 Å². The molecule has 88 valence electrons. The Kier molecular flexibility index (Phi) is 3.35. The molecule has 0 atom stereocenters. The number of carbonyl (C=O) groups excluding carboxylic acids is 1. The smallest absolute Gasteiger partial charge is 0.224 e. The van der Waals surface area contributed by atoms with Gasteiger partial charge in [0.15, 0.2) is 5.76 Å². The second kappa shape index (κ2) is 5.11. The summed E-state index contributed by atoms with van der Waals surface area (Å²) in [6.45, 7) is 3.56. The highest BCUT2D eigenvalue weighted by atomic mass is 16.3. The number of pyridine rings is 1. The number of nitriles is 1. The second-order valence-corrected chi connectivity index (χ2v) is 3.67. The third kappa shape index (κ3) is 2.36. The van der Waals surface area contributed by atoms with E-state index < -0.39 is 0 Å². The maximum Gasteiger partial charge on any atom is 0.224 e. The van der Waals surface area contributed by atoms with E-state index in [0.29, 0.717) is 5.76 Å². The molecule has 0 aliphatic carbocycles. The van der Waals surface area contributed by atoms with Crippen molar-refractivity contribution in [1.29, 1.82) is 5.26 Å². The lowest BCUT2D eigenvalue weighted by Gasteiger charge is -1.97. The number of ketones is 1. The van der Waals surface area contributed by atoms with Gasteiger partial charge in [-0.25, -0.2) is 0 Å². The largest absolute Gasteiger partial charge is 0.453 e. The standard InChI is InChI=1S/C14H10N2O2/c1-10(6-7-15)14(17)13-5-4-12(18-13)11-3-2-8-16-9-11/h2-5,8-9H,1,6H2. The number of hydrogen-bond donors (Lipinski definition) is 0. The molecule has 0 saturated heterocycles. The molecule has 4 heteroatoms. The molecular formula is C14H10N2O2. The quantitative estimate of drug-likeness (QED) is 0.606. The summed E-state index contributed by atoms with van der Waals surface area (Å²) in [6.07, 6.45) is 3.31. The molecule has 0 aliphatic heterocycles. The van der Waals surface area contributed by atoms with E-state index in [2.05, 4.69) is 11.6 Å². The van der Waals surface area contributed by atoms with Gasteiger partial charge < -0.3 is 4.42 Å². The first-order chi connectivity index (χ1) is 8.72. The van der Waals surface area contributed by atoms with Crippen molar-refractivity contribution >= 4 is 5.78 Å². The molecule has 2 heterocycles. The summed E-state index contributed by atoms with van der Waals surface area (Å²) in [5.74, 6) is 0.414. The van der Waals surface area contributed by atoms with Crippen LogP contribution in [-0.4, -0.2) is 10.8 Å². The van der Waals surface area contributed by atoms with E-state index in [1.807, 2.05) is 12.1 Å². The van der Waals surface area contributed by atoms with Crippen LogP contribution in [0.4, 0.5) is 0 Å².